The number of carbonyl (C=O) groups is 1. The topological polar surface area (TPSA) is 70.6 Å². The van der Waals surface area contributed by atoms with E-state index in [1.165, 1.54) is 12.1 Å². The number of alkyl carbamates (subject to hydrolysis) is 1. The van der Waals surface area contributed by atoms with Crippen molar-refractivity contribution in [1.82, 2.24) is 10.6 Å². The number of hydrogen-bond donors (Lipinski definition) is 3. The highest BCUT2D eigenvalue weighted by molar-refractivity contribution is 5.68. The molecule has 0 spiro atoms. The Morgan fingerprint density at radius 3 is 2.33 bits per heavy atom. The van der Waals surface area contributed by atoms with Crippen LogP contribution in [0.25, 0.3) is 0 Å². The molecule has 0 saturated carbocycles. The van der Waals surface area contributed by atoms with Crippen LogP contribution in [0.4, 0.5) is 9.18 Å². The van der Waals surface area contributed by atoms with Gasteiger partial charge in [-0.15, -0.1) is 0 Å². The zero-order chi connectivity index (χ0) is 22.4. The second kappa shape index (κ2) is 10.0. The standard InChI is InChI=1S/C24H33FN2O3/c1-23(2,3)30-22(29)27-20(14-17-10-7-6-8-11-17)21(28)16-26-24(4,5)18-12-9-13-19(25)15-18/h6-13,15,20-21,26,28H,14,16H2,1-5H3,(H,27,29)/t20-,21+/m0/s1. The second-order valence-electron chi connectivity index (χ2n) is 9.03. The van der Waals surface area contributed by atoms with Crippen molar-refractivity contribution < 1.29 is 19.0 Å². The molecular weight excluding hydrogens is 383 g/mol. The molecular formula is C24H33FN2O3. The molecule has 30 heavy (non-hydrogen) atoms. The fourth-order valence-corrected chi connectivity index (χ4v) is 3.09. The highest BCUT2D eigenvalue weighted by Crippen LogP contribution is 2.21. The predicted molar refractivity (Wildman–Crippen MR) is 117 cm³/mol. The Kier molecular flexibility index (Phi) is 7.98. The van der Waals surface area contributed by atoms with Crippen LogP contribution in [0.3, 0.4) is 0 Å². The molecule has 2 atom stereocenters. The zero-order valence-electron chi connectivity index (χ0n) is 18.4. The third kappa shape index (κ3) is 7.76. The van der Waals surface area contributed by atoms with Gasteiger partial charge in [0, 0.05) is 12.1 Å². The summed E-state index contributed by atoms with van der Waals surface area (Å²) in [5.74, 6) is -0.309. The summed E-state index contributed by atoms with van der Waals surface area (Å²) in [7, 11) is 0. The fraction of sp³-hybridized carbons (Fsp3) is 0.458. The molecule has 5 nitrogen and oxygen atoms in total. The highest BCUT2D eigenvalue weighted by Gasteiger charge is 2.27. The van der Waals surface area contributed by atoms with E-state index in [4.69, 9.17) is 4.74 Å². The molecule has 0 saturated heterocycles. The molecule has 0 aliphatic heterocycles. The number of aliphatic hydroxyl groups excluding tert-OH is 1. The molecule has 0 fully saturated rings. The lowest BCUT2D eigenvalue weighted by atomic mass is 9.93. The molecule has 0 aromatic heterocycles. The minimum absolute atomic E-state index is 0.205. The van der Waals surface area contributed by atoms with Gasteiger partial charge >= 0.3 is 6.09 Å². The molecule has 2 rings (SSSR count). The number of carbonyl (C=O) groups excluding carboxylic acids is 1. The Labute approximate surface area is 178 Å². The van der Waals surface area contributed by atoms with E-state index >= 15 is 0 Å². The Balaban J connectivity index is 2.09. The van der Waals surface area contributed by atoms with E-state index in [1.807, 2.05) is 50.2 Å². The van der Waals surface area contributed by atoms with Crippen molar-refractivity contribution in [3.63, 3.8) is 0 Å². The quantitative estimate of drug-likeness (QED) is 0.605. The van der Waals surface area contributed by atoms with E-state index in [-0.39, 0.29) is 12.4 Å². The number of benzene rings is 2. The Bertz CT molecular complexity index is 819. The lowest BCUT2D eigenvalue weighted by Crippen LogP contribution is -2.52. The summed E-state index contributed by atoms with van der Waals surface area (Å²) in [6.45, 7) is 9.41. The lowest BCUT2D eigenvalue weighted by molar-refractivity contribution is 0.0415. The van der Waals surface area contributed by atoms with E-state index in [0.29, 0.717) is 6.42 Å². The van der Waals surface area contributed by atoms with Crippen molar-refractivity contribution in [3.05, 3.63) is 71.5 Å². The van der Waals surface area contributed by atoms with Gasteiger partial charge in [0.05, 0.1) is 12.1 Å². The van der Waals surface area contributed by atoms with Gasteiger partial charge in [-0.3, -0.25) is 0 Å². The Morgan fingerprint density at radius 2 is 1.73 bits per heavy atom. The first-order valence-electron chi connectivity index (χ1n) is 10.2. The number of halogens is 1. The minimum Gasteiger partial charge on any atom is -0.444 e. The number of ether oxygens (including phenoxy) is 1. The highest BCUT2D eigenvalue weighted by atomic mass is 19.1. The largest absolute Gasteiger partial charge is 0.444 e. The molecule has 2 aromatic rings. The van der Waals surface area contributed by atoms with Gasteiger partial charge in [-0.05, 0) is 64.3 Å². The Morgan fingerprint density at radius 1 is 1.07 bits per heavy atom. The van der Waals surface area contributed by atoms with Gasteiger partial charge < -0.3 is 20.5 Å². The number of hydrogen-bond acceptors (Lipinski definition) is 4. The van der Waals surface area contributed by atoms with E-state index in [2.05, 4.69) is 10.6 Å². The molecule has 0 bridgehead atoms. The van der Waals surface area contributed by atoms with Gasteiger partial charge in [-0.1, -0.05) is 42.5 Å². The summed E-state index contributed by atoms with van der Waals surface area (Å²) in [5.41, 5.74) is 0.562. The molecule has 0 aliphatic carbocycles. The maximum absolute atomic E-state index is 13.6. The number of nitrogens with one attached hydrogen (secondary N) is 2. The summed E-state index contributed by atoms with van der Waals surface area (Å²) in [4.78, 5) is 12.3. The van der Waals surface area contributed by atoms with Crippen LogP contribution >= 0.6 is 0 Å². The maximum Gasteiger partial charge on any atom is 0.407 e. The van der Waals surface area contributed by atoms with Crippen LogP contribution in [-0.4, -0.2) is 35.5 Å². The van der Waals surface area contributed by atoms with Crippen molar-refractivity contribution >= 4 is 6.09 Å². The molecule has 0 unspecified atom stereocenters. The molecule has 3 N–H and O–H groups in total. The number of amides is 1. The first kappa shape index (κ1) is 23.8. The van der Waals surface area contributed by atoms with Crippen molar-refractivity contribution in [2.45, 2.75) is 64.3 Å². The van der Waals surface area contributed by atoms with Crippen LogP contribution in [0.15, 0.2) is 54.6 Å². The summed E-state index contributed by atoms with van der Waals surface area (Å²) >= 11 is 0. The minimum atomic E-state index is -0.884. The van der Waals surface area contributed by atoms with Crippen molar-refractivity contribution in [1.29, 1.82) is 0 Å². The van der Waals surface area contributed by atoms with Crippen LogP contribution in [0, 0.1) is 5.82 Å². The monoisotopic (exact) mass is 416 g/mol. The SMILES string of the molecule is CC(C)(C)OC(=O)N[C@@H](Cc1ccccc1)[C@H](O)CNC(C)(C)c1cccc(F)c1. The number of rotatable bonds is 8. The average Bonchev–Trinajstić information content (AvgIpc) is 2.65. The van der Waals surface area contributed by atoms with Gasteiger partial charge in [0.2, 0.25) is 0 Å². The Hall–Kier alpha value is -2.44. The predicted octanol–water partition coefficient (Wildman–Crippen LogP) is 4.15. The maximum atomic E-state index is 13.6. The van der Waals surface area contributed by atoms with Gasteiger partial charge in [-0.25, -0.2) is 9.18 Å². The van der Waals surface area contributed by atoms with Crippen LogP contribution in [0.1, 0.15) is 45.7 Å². The summed E-state index contributed by atoms with van der Waals surface area (Å²) < 4.78 is 19.0. The van der Waals surface area contributed by atoms with Gasteiger partial charge in [-0.2, -0.15) is 0 Å². The molecule has 164 valence electrons. The van der Waals surface area contributed by atoms with E-state index < -0.39 is 29.4 Å². The van der Waals surface area contributed by atoms with E-state index in [1.54, 1.807) is 26.8 Å². The third-order valence-electron chi connectivity index (χ3n) is 4.76. The first-order valence-corrected chi connectivity index (χ1v) is 10.2. The lowest BCUT2D eigenvalue weighted by Gasteiger charge is -2.31. The van der Waals surface area contributed by atoms with Crippen LogP contribution in [0.2, 0.25) is 0 Å². The van der Waals surface area contributed by atoms with Crippen LogP contribution < -0.4 is 10.6 Å². The molecule has 1 amide bonds. The summed E-state index contributed by atoms with van der Waals surface area (Å²) in [6, 6.07) is 15.4. The summed E-state index contributed by atoms with van der Waals surface area (Å²) in [6.07, 6.45) is -1.01. The normalized spacial score (nSPS) is 14.1. The number of aliphatic hydroxyl groups is 1. The first-order chi connectivity index (χ1) is 14.0. The van der Waals surface area contributed by atoms with Gasteiger partial charge in [0.25, 0.3) is 0 Å². The third-order valence-corrected chi connectivity index (χ3v) is 4.76. The zero-order valence-corrected chi connectivity index (χ0v) is 18.4. The van der Waals surface area contributed by atoms with Gasteiger partial charge in [0.15, 0.2) is 0 Å². The molecule has 2 aromatic carbocycles. The van der Waals surface area contributed by atoms with Crippen molar-refractivity contribution in [3.8, 4) is 0 Å². The molecule has 0 heterocycles. The van der Waals surface area contributed by atoms with Crippen molar-refractivity contribution in [2.75, 3.05) is 6.54 Å². The van der Waals surface area contributed by atoms with Crippen LogP contribution in [0.5, 0.6) is 0 Å². The van der Waals surface area contributed by atoms with Crippen LogP contribution in [-0.2, 0) is 16.7 Å². The molecule has 6 heteroatoms. The molecule has 0 radical (unpaired) electrons. The fourth-order valence-electron chi connectivity index (χ4n) is 3.09. The average molecular weight is 417 g/mol. The smallest absolute Gasteiger partial charge is 0.407 e. The van der Waals surface area contributed by atoms with Crippen molar-refractivity contribution in [2.24, 2.45) is 0 Å². The van der Waals surface area contributed by atoms with E-state index in [9.17, 15) is 14.3 Å². The van der Waals surface area contributed by atoms with Gasteiger partial charge in [0.1, 0.15) is 11.4 Å². The summed E-state index contributed by atoms with van der Waals surface area (Å²) in [5, 5.41) is 17.0. The molecule has 0 aliphatic rings. The van der Waals surface area contributed by atoms with E-state index in [0.717, 1.165) is 11.1 Å². The second-order valence-corrected chi connectivity index (χ2v) is 9.03.